The van der Waals surface area contributed by atoms with Crippen molar-refractivity contribution in [2.75, 3.05) is 24.3 Å². The van der Waals surface area contributed by atoms with Crippen LogP contribution in [0, 0.1) is 6.92 Å². The lowest BCUT2D eigenvalue weighted by atomic mass is 10.1. The Morgan fingerprint density at radius 1 is 1.07 bits per heavy atom. The second-order valence-electron chi connectivity index (χ2n) is 6.19. The van der Waals surface area contributed by atoms with Crippen molar-refractivity contribution in [3.8, 4) is 5.75 Å². The molecule has 0 fully saturated rings. The second kappa shape index (κ2) is 8.85. The molecule has 0 unspecified atom stereocenters. The maximum atomic E-state index is 11.4. The number of carbonyl (C=O) groups is 1. The number of hydrogen-bond donors (Lipinski definition) is 3. The van der Waals surface area contributed by atoms with E-state index >= 15 is 0 Å². The van der Waals surface area contributed by atoms with Crippen LogP contribution in [0.15, 0.2) is 54.6 Å². The zero-order valence-electron chi connectivity index (χ0n) is 15.8. The van der Waals surface area contributed by atoms with Crippen molar-refractivity contribution < 1.29 is 14.6 Å². The molecule has 28 heavy (non-hydrogen) atoms. The van der Waals surface area contributed by atoms with Crippen molar-refractivity contribution in [2.45, 2.75) is 13.3 Å². The summed E-state index contributed by atoms with van der Waals surface area (Å²) in [6.45, 7) is 2.48. The summed E-state index contributed by atoms with van der Waals surface area (Å²) in [7, 11) is 1.65. The first-order chi connectivity index (χ1) is 13.5. The van der Waals surface area contributed by atoms with Crippen molar-refractivity contribution >= 4 is 23.3 Å². The van der Waals surface area contributed by atoms with Crippen LogP contribution in [0.2, 0.25) is 0 Å². The Kier molecular flexibility index (Phi) is 6.06. The van der Waals surface area contributed by atoms with E-state index < -0.39 is 5.97 Å². The highest BCUT2D eigenvalue weighted by atomic mass is 16.5. The van der Waals surface area contributed by atoms with Gasteiger partial charge in [-0.05, 0) is 43.2 Å². The highest BCUT2D eigenvalue weighted by Crippen LogP contribution is 2.21. The van der Waals surface area contributed by atoms with Crippen LogP contribution in [0.1, 0.15) is 21.7 Å². The Labute approximate surface area is 163 Å². The molecule has 0 atom stereocenters. The molecule has 144 valence electrons. The van der Waals surface area contributed by atoms with E-state index in [2.05, 4.69) is 20.6 Å². The van der Waals surface area contributed by atoms with Gasteiger partial charge in [-0.25, -0.2) is 14.8 Å². The van der Waals surface area contributed by atoms with Crippen LogP contribution < -0.4 is 15.4 Å². The fraction of sp³-hybridized carbons (Fsp3) is 0.190. The number of rotatable bonds is 8. The number of carboxylic acids is 1. The Morgan fingerprint density at radius 2 is 1.86 bits per heavy atom. The number of anilines is 3. The largest absolute Gasteiger partial charge is 0.497 e. The minimum atomic E-state index is -0.995. The first-order valence-electron chi connectivity index (χ1n) is 8.87. The van der Waals surface area contributed by atoms with E-state index in [0.717, 1.165) is 17.7 Å². The van der Waals surface area contributed by atoms with Crippen LogP contribution in [-0.2, 0) is 6.42 Å². The molecular formula is C21H22N4O3. The minimum absolute atomic E-state index is 0.186. The molecule has 0 aliphatic carbocycles. The number of methoxy groups -OCH3 is 1. The van der Waals surface area contributed by atoms with E-state index in [-0.39, 0.29) is 5.56 Å². The zero-order valence-corrected chi connectivity index (χ0v) is 15.8. The van der Waals surface area contributed by atoms with Crippen LogP contribution in [-0.4, -0.2) is 34.7 Å². The standard InChI is InChI=1S/C21H22N4O3/c1-14-23-19(22-11-10-15-6-5-7-16(12-15)28-2)13-20(24-14)25-18-9-4-3-8-17(18)21(26)27/h3-9,12-13H,10-11H2,1-2H3,(H,26,27)(H2,22,23,24,25). The van der Waals surface area contributed by atoms with Crippen LogP contribution in [0.4, 0.5) is 17.3 Å². The Balaban J connectivity index is 1.69. The number of benzene rings is 2. The van der Waals surface area contributed by atoms with Gasteiger partial charge in [0.25, 0.3) is 0 Å². The second-order valence-corrected chi connectivity index (χ2v) is 6.19. The molecule has 0 bridgehead atoms. The smallest absolute Gasteiger partial charge is 0.337 e. The van der Waals surface area contributed by atoms with Crippen LogP contribution in [0.3, 0.4) is 0 Å². The third-order valence-electron chi connectivity index (χ3n) is 4.11. The Bertz CT molecular complexity index is 975. The highest BCUT2D eigenvalue weighted by Gasteiger charge is 2.10. The molecule has 0 amide bonds. The van der Waals surface area contributed by atoms with Crippen molar-refractivity contribution in [1.29, 1.82) is 0 Å². The number of carboxylic acid groups (broad SMARTS) is 1. The summed E-state index contributed by atoms with van der Waals surface area (Å²) >= 11 is 0. The topological polar surface area (TPSA) is 96.4 Å². The van der Waals surface area contributed by atoms with Crippen molar-refractivity contribution in [3.63, 3.8) is 0 Å². The van der Waals surface area contributed by atoms with Gasteiger partial charge in [0.1, 0.15) is 23.2 Å². The van der Waals surface area contributed by atoms with E-state index in [1.54, 1.807) is 44.4 Å². The highest BCUT2D eigenvalue weighted by molar-refractivity contribution is 5.95. The maximum Gasteiger partial charge on any atom is 0.337 e. The van der Waals surface area contributed by atoms with E-state index in [1.807, 2.05) is 24.3 Å². The average molecular weight is 378 g/mol. The molecule has 0 saturated carbocycles. The number of nitrogens with one attached hydrogen (secondary N) is 2. The molecule has 0 radical (unpaired) electrons. The summed E-state index contributed by atoms with van der Waals surface area (Å²) in [6.07, 6.45) is 0.810. The third kappa shape index (κ3) is 4.97. The van der Waals surface area contributed by atoms with Crippen molar-refractivity contribution in [1.82, 2.24) is 9.97 Å². The molecule has 0 spiro atoms. The van der Waals surface area contributed by atoms with Crippen LogP contribution in [0.25, 0.3) is 0 Å². The molecular weight excluding hydrogens is 356 g/mol. The van der Waals surface area contributed by atoms with Gasteiger partial charge < -0.3 is 20.5 Å². The predicted molar refractivity (Wildman–Crippen MR) is 109 cm³/mol. The summed E-state index contributed by atoms with van der Waals surface area (Å²) in [5.41, 5.74) is 1.83. The van der Waals surface area contributed by atoms with Gasteiger partial charge in [-0.15, -0.1) is 0 Å². The predicted octanol–water partition coefficient (Wildman–Crippen LogP) is 3.89. The number of nitrogens with zero attached hydrogens (tertiary/aromatic N) is 2. The number of ether oxygens (including phenoxy) is 1. The average Bonchev–Trinajstić information content (AvgIpc) is 2.68. The molecule has 7 nitrogen and oxygen atoms in total. The molecule has 0 aliphatic heterocycles. The molecule has 1 heterocycles. The van der Waals surface area contributed by atoms with Crippen LogP contribution >= 0.6 is 0 Å². The number of hydrogen-bond acceptors (Lipinski definition) is 6. The van der Waals surface area contributed by atoms with E-state index in [0.29, 0.717) is 29.7 Å². The first kappa shape index (κ1) is 19.2. The Morgan fingerprint density at radius 3 is 2.64 bits per heavy atom. The van der Waals surface area contributed by atoms with E-state index in [9.17, 15) is 9.90 Å². The number of aromatic nitrogens is 2. The molecule has 2 aromatic carbocycles. The fourth-order valence-corrected chi connectivity index (χ4v) is 2.80. The summed E-state index contributed by atoms with van der Waals surface area (Å²) in [5, 5.41) is 15.7. The summed E-state index contributed by atoms with van der Waals surface area (Å²) < 4.78 is 5.24. The lowest BCUT2D eigenvalue weighted by Crippen LogP contribution is -2.09. The van der Waals surface area contributed by atoms with Gasteiger partial charge in [-0.1, -0.05) is 24.3 Å². The quantitative estimate of drug-likeness (QED) is 0.547. The van der Waals surface area contributed by atoms with Crippen LogP contribution in [0.5, 0.6) is 5.75 Å². The molecule has 7 heteroatoms. The van der Waals surface area contributed by atoms with E-state index in [1.165, 1.54) is 0 Å². The molecule has 0 saturated heterocycles. The van der Waals surface area contributed by atoms with Gasteiger partial charge >= 0.3 is 5.97 Å². The van der Waals surface area contributed by atoms with Gasteiger partial charge in [-0.2, -0.15) is 0 Å². The lowest BCUT2D eigenvalue weighted by molar-refractivity contribution is 0.0698. The van der Waals surface area contributed by atoms with Gasteiger partial charge in [0.05, 0.1) is 18.4 Å². The van der Waals surface area contributed by atoms with Gasteiger partial charge in [0.15, 0.2) is 0 Å². The molecule has 3 N–H and O–H groups in total. The monoisotopic (exact) mass is 378 g/mol. The normalized spacial score (nSPS) is 10.4. The molecule has 3 rings (SSSR count). The number of aryl methyl sites for hydroxylation is 1. The first-order valence-corrected chi connectivity index (χ1v) is 8.87. The minimum Gasteiger partial charge on any atom is -0.497 e. The van der Waals surface area contributed by atoms with Gasteiger partial charge in [0.2, 0.25) is 0 Å². The van der Waals surface area contributed by atoms with Crippen molar-refractivity contribution in [3.05, 3.63) is 71.5 Å². The number of aromatic carboxylic acids is 1. The van der Waals surface area contributed by atoms with E-state index in [4.69, 9.17) is 4.74 Å². The lowest BCUT2D eigenvalue weighted by Gasteiger charge is -2.12. The van der Waals surface area contributed by atoms with Gasteiger partial charge in [0, 0.05) is 12.6 Å². The summed E-state index contributed by atoms with van der Waals surface area (Å²) in [5.74, 6) is 1.63. The molecule has 0 aliphatic rings. The summed E-state index contributed by atoms with van der Waals surface area (Å²) in [6, 6.07) is 16.4. The SMILES string of the molecule is COc1cccc(CCNc2cc(Nc3ccccc3C(=O)O)nc(C)n2)c1. The summed E-state index contributed by atoms with van der Waals surface area (Å²) in [4.78, 5) is 20.1. The molecule has 1 aromatic heterocycles. The zero-order chi connectivity index (χ0) is 19.9. The fourth-order valence-electron chi connectivity index (χ4n) is 2.80. The number of para-hydroxylation sites is 1. The van der Waals surface area contributed by atoms with Crippen molar-refractivity contribution in [2.24, 2.45) is 0 Å². The maximum absolute atomic E-state index is 11.4. The molecule has 3 aromatic rings. The third-order valence-corrected chi connectivity index (χ3v) is 4.11. The van der Waals surface area contributed by atoms with Gasteiger partial charge in [-0.3, -0.25) is 0 Å². The Hall–Kier alpha value is -3.61.